The van der Waals surface area contributed by atoms with Gasteiger partial charge in [0.2, 0.25) is 0 Å². The van der Waals surface area contributed by atoms with Crippen molar-refractivity contribution in [1.82, 2.24) is 0 Å². The van der Waals surface area contributed by atoms with Crippen molar-refractivity contribution >= 4 is 15.9 Å². The summed E-state index contributed by atoms with van der Waals surface area (Å²) in [5.74, 6) is 0.765. The lowest BCUT2D eigenvalue weighted by Gasteiger charge is -2.05. The first kappa shape index (κ1) is 9.55. The molecule has 0 atom stereocenters. The number of hydrogen-bond acceptors (Lipinski definition) is 2. The summed E-state index contributed by atoms with van der Waals surface area (Å²) < 4.78 is 6.11. The van der Waals surface area contributed by atoms with Gasteiger partial charge >= 0.3 is 0 Å². The van der Waals surface area contributed by atoms with Crippen molar-refractivity contribution in [2.75, 3.05) is 6.61 Å². The first-order chi connectivity index (χ1) is 5.77. The lowest BCUT2D eigenvalue weighted by molar-refractivity contribution is 0.339. The van der Waals surface area contributed by atoms with Crippen molar-refractivity contribution in [2.45, 2.75) is 6.92 Å². The molecule has 0 heterocycles. The summed E-state index contributed by atoms with van der Waals surface area (Å²) in [5, 5.41) is 8.80. The first-order valence-electron chi connectivity index (χ1n) is 3.67. The highest BCUT2D eigenvalue weighted by atomic mass is 79.9. The Morgan fingerprint density at radius 3 is 2.92 bits per heavy atom. The molecule has 0 fully saturated rings. The molecule has 0 spiro atoms. The van der Waals surface area contributed by atoms with Crippen LogP contribution in [-0.2, 0) is 0 Å². The van der Waals surface area contributed by atoms with E-state index in [0.29, 0.717) is 6.61 Å². The summed E-state index contributed by atoms with van der Waals surface area (Å²) in [6.07, 6.45) is 0. The molecule has 0 amide bonds. The monoisotopic (exact) mass is 229 g/mol. The van der Waals surface area contributed by atoms with Crippen molar-refractivity contribution in [3.05, 3.63) is 34.8 Å². The third-order valence-corrected chi connectivity index (χ3v) is 2.14. The number of benzene rings is 1. The number of halogens is 1. The summed E-state index contributed by atoms with van der Waals surface area (Å²) in [5.41, 5.74) is 0.723. The highest BCUT2D eigenvalue weighted by molar-refractivity contribution is 9.10. The van der Waals surface area contributed by atoms with Crippen molar-refractivity contribution < 1.29 is 9.84 Å². The van der Waals surface area contributed by atoms with Crippen molar-refractivity contribution in [1.29, 1.82) is 0 Å². The van der Waals surface area contributed by atoms with E-state index >= 15 is 0 Å². The second-order valence-electron chi connectivity index (χ2n) is 2.25. The molecule has 1 rings (SSSR count). The molecule has 1 aromatic rings. The number of ether oxygens (including phenoxy) is 1. The summed E-state index contributed by atoms with van der Waals surface area (Å²) in [7, 11) is 0. The van der Waals surface area contributed by atoms with E-state index in [0.717, 1.165) is 22.4 Å². The van der Waals surface area contributed by atoms with E-state index in [4.69, 9.17) is 9.84 Å². The van der Waals surface area contributed by atoms with Crippen LogP contribution in [0.1, 0.15) is 12.5 Å². The fraction of sp³-hybridized carbons (Fsp3) is 0.222. The average molecular weight is 230 g/mol. The lowest BCUT2D eigenvalue weighted by atomic mass is 10.2. The maximum absolute atomic E-state index is 8.80. The van der Waals surface area contributed by atoms with Crippen molar-refractivity contribution in [3.8, 4) is 5.75 Å². The van der Waals surface area contributed by atoms with Crippen LogP contribution in [0.4, 0.5) is 0 Å². The highest BCUT2D eigenvalue weighted by Gasteiger charge is 2.00. The SMILES string of the molecule is CCOc1ccc(Br)c([CH]O)c1. The maximum Gasteiger partial charge on any atom is 0.119 e. The van der Waals surface area contributed by atoms with Gasteiger partial charge in [0.25, 0.3) is 0 Å². The zero-order valence-corrected chi connectivity index (χ0v) is 8.34. The molecule has 0 unspecified atom stereocenters. The fourth-order valence-corrected chi connectivity index (χ4v) is 1.23. The molecule has 2 nitrogen and oxygen atoms in total. The Bertz CT molecular complexity index is 261. The fourth-order valence-electron chi connectivity index (χ4n) is 0.877. The van der Waals surface area contributed by atoms with Gasteiger partial charge in [0.1, 0.15) is 12.4 Å². The van der Waals surface area contributed by atoms with Crippen molar-refractivity contribution in [3.63, 3.8) is 0 Å². The third-order valence-electron chi connectivity index (χ3n) is 1.42. The van der Waals surface area contributed by atoms with Crippen LogP contribution in [0.2, 0.25) is 0 Å². The molecule has 3 heteroatoms. The van der Waals surface area contributed by atoms with Crippen molar-refractivity contribution in [2.24, 2.45) is 0 Å². The van der Waals surface area contributed by atoms with Gasteiger partial charge in [0.05, 0.1) is 6.61 Å². The van der Waals surface area contributed by atoms with E-state index in [2.05, 4.69) is 15.9 Å². The molecule has 65 valence electrons. The van der Waals surface area contributed by atoms with Gasteiger partial charge < -0.3 is 9.84 Å². The van der Waals surface area contributed by atoms with E-state index < -0.39 is 0 Å². The minimum absolute atomic E-state index is 0.631. The van der Waals surface area contributed by atoms with E-state index in [1.165, 1.54) is 0 Å². The Morgan fingerprint density at radius 1 is 1.58 bits per heavy atom. The normalized spacial score (nSPS) is 9.92. The smallest absolute Gasteiger partial charge is 0.119 e. The van der Waals surface area contributed by atoms with Gasteiger partial charge in [-0.1, -0.05) is 15.9 Å². The highest BCUT2D eigenvalue weighted by Crippen LogP contribution is 2.23. The molecule has 1 aromatic carbocycles. The van der Waals surface area contributed by atoms with Crippen LogP contribution in [0.15, 0.2) is 22.7 Å². The number of rotatable bonds is 3. The number of aliphatic hydroxyl groups is 1. The molecule has 0 aliphatic carbocycles. The predicted octanol–water partition coefficient (Wildman–Crippen LogP) is 2.73. The van der Waals surface area contributed by atoms with Crippen LogP contribution < -0.4 is 4.74 Å². The second-order valence-corrected chi connectivity index (χ2v) is 3.10. The van der Waals surface area contributed by atoms with E-state index in [1.807, 2.05) is 19.1 Å². The van der Waals surface area contributed by atoms with Gasteiger partial charge in [-0.2, -0.15) is 0 Å². The second kappa shape index (κ2) is 4.48. The number of aliphatic hydroxyl groups excluding tert-OH is 1. The molecule has 1 N–H and O–H groups in total. The zero-order chi connectivity index (χ0) is 8.97. The summed E-state index contributed by atoms with van der Waals surface area (Å²) in [6, 6.07) is 5.46. The van der Waals surface area contributed by atoms with Gasteiger partial charge in [-0.25, -0.2) is 0 Å². The molecule has 0 aromatic heterocycles. The Labute approximate surface area is 80.3 Å². The van der Waals surface area contributed by atoms with E-state index in [-0.39, 0.29) is 0 Å². The Morgan fingerprint density at radius 2 is 2.33 bits per heavy atom. The minimum atomic E-state index is 0.631. The van der Waals surface area contributed by atoms with Gasteiger partial charge in [0, 0.05) is 10.0 Å². The summed E-state index contributed by atoms with van der Waals surface area (Å²) in [6.45, 7) is 3.60. The standard InChI is InChI=1S/C9H10BrO2/c1-2-12-8-3-4-9(10)7(5-8)6-11/h3-6,11H,2H2,1H3. The maximum atomic E-state index is 8.80. The third kappa shape index (κ3) is 2.22. The average Bonchev–Trinajstić information content (AvgIpc) is 2.09. The Balaban J connectivity index is 2.89. The largest absolute Gasteiger partial charge is 0.494 e. The van der Waals surface area contributed by atoms with Crippen LogP contribution in [0.3, 0.4) is 0 Å². The molecule has 0 bridgehead atoms. The van der Waals surface area contributed by atoms with Gasteiger partial charge in [-0.15, -0.1) is 0 Å². The van der Waals surface area contributed by atoms with Gasteiger partial charge in [-0.3, -0.25) is 0 Å². The molecule has 0 aliphatic rings. The van der Waals surface area contributed by atoms with Crippen LogP contribution in [-0.4, -0.2) is 11.7 Å². The molecular formula is C9H10BrO2. The summed E-state index contributed by atoms with van der Waals surface area (Å²) >= 11 is 3.29. The molecule has 0 aliphatic heterocycles. The zero-order valence-electron chi connectivity index (χ0n) is 6.75. The minimum Gasteiger partial charge on any atom is -0.494 e. The topological polar surface area (TPSA) is 29.5 Å². The molecule has 0 saturated carbocycles. The summed E-state index contributed by atoms with van der Waals surface area (Å²) in [4.78, 5) is 0. The number of hydrogen-bond donors (Lipinski definition) is 1. The lowest BCUT2D eigenvalue weighted by Crippen LogP contribution is -1.92. The Kier molecular flexibility index (Phi) is 3.56. The predicted molar refractivity (Wildman–Crippen MR) is 50.6 cm³/mol. The van der Waals surface area contributed by atoms with Crippen LogP contribution in [0.5, 0.6) is 5.75 Å². The van der Waals surface area contributed by atoms with Gasteiger partial charge in [-0.05, 0) is 25.1 Å². The molecule has 1 radical (unpaired) electrons. The quantitative estimate of drug-likeness (QED) is 0.864. The Hall–Kier alpha value is -0.540. The van der Waals surface area contributed by atoms with Crippen LogP contribution in [0.25, 0.3) is 0 Å². The van der Waals surface area contributed by atoms with Crippen LogP contribution >= 0.6 is 15.9 Å². The van der Waals surface area contributed by atoms with Crippen LogP contribution in [0, 0.1) is 6.61 Å². The molecular weight excluding hydrogens is 220 g/mol. The first-order valence-corrected chi connectivity index (χ1v) is 4.47. The van der Waals surface area contributed by atoms with Gasteiger partial charge in [0.15, 0.2) is 0 Å². The molecule has 12 heavy (non-hydrogen) atoms. The van der Waals surface area contributed by atoms with E-state index in [9.17, 15) is 0 Å². The molecule has 0 saturated heterocycles. The van der Waals surface area contributed by atoms with E-state index in [1.54, 1.807) is 6.07 Å².